The molecule has 1 saturated heterocycles. The van der Waals surface area contributed by atoms with Gasteiger partial charge < -0.3 is 15.0 Å². The van der Waals surface area contributed by atoms with Crippen LogP contribution in [0.1, 0.15) is 6.42 Å². The van der Waals surface area contributed by atoms with Crippen molar-refractivity contribution >= 4 is 5.91 Å². The summed E-state index contributed by atoms with van der Waals surface area (Å²) in [6, 6.07) is 6.11. The molecule has 1 N–H and O–H groups in total. The number of nitrogens with one attached hydrogen (secondary N) is 1. The number of likely N-dealkylation sites (tertiary alicyclic amines) is 1. The van der Waals surface area contributed by atoms with E-state index in [2.05, 4.69) is 5.32 Å². The van der Waals surface area contributed by atoms with E-state index in [1.165, 1.54) is 12.1 Å². The molecule has 1 aromatic rings. The molecule has 1 unspecified atom stereocenters. The van der Waals surface area contributed by atoms with Crippen LogP contribution in [0, 0.1) is 11.7 Å². The number of hydrogen-bond donors (Lipinski definition) is 1. The molecule has 1 aliphatic rings. The zero-order chi connectivity index (χ0) is 13.7. The largest absolute Gasteiger partial charge is 0.481 e. The van der Waals surface area contributed by atoms with Gasteiger partial charge in [0.2, 0.25) is 0 Å². The lowest BCUT2D eigenvalue weighted by molar-refractivity contribution is -0.132. The molecule has 5 heteroatoms. The van der Waals surface area contributed by atoms with Gasteiger partial charge in [0, 0.05) is 13.1 Å². The Morgan fingerprint density at radius 3 is 3.05 bits per heavy atom. The molecule has 0 saturated carbocycles. The van der Waals surface area contributed by atoms with Gasteiger partial charge in [0.05, 0.1) is 0 Å². The van der Waals surface area contributed by atoms with Crippen LogP contribution in [0.25, 0.3) is 0 Å². The Balaban J connectivity index is 1.81. The van der Waals surface area contributed by atoms with E-state index in [0.717, 1.165) is 26.1 Å². The van der Waals surface area contributed by atoms with Crippen LogP contribution in [0.4, 0.5) is 4.39 Å². The molecule has 0 aliphatic carbocycles. The molecule has 1 aliphatic heterocycles. The van der Waals surface area contributed by atoms with Crippen LogP contribution in [0.2, 0.25) is 0 Å². The Hall–Kier alpha value is -1.62. The number of amides is 1. The predicted octanol–water partition coefficient (Wildman–Crippen LogP) is 1.27. The number of carbonyl (C=O) groups excluding carboxylic acids is 1. The highest BCUT2D eigenvalue weighted by Crippen LogP contribution is 2.17. The third-order valence-corrected chi connectivity index (χ3v) is 3.32. The van der Waals surface area contributed by atoms with E-state index in [0.29, 0.717) is 5.92 Å². The second-order valence-electron chi connectivity index (χ2n) is 4.77. The number of hydrogen-bond acceptors (Lipinski definition) is 3. The van der Waals surface area contributed by atoms with Crippen molar-refractivity contribution < 1.29 is 13.9 Å². The topological polar surface area (TPSA) is 41.6 Å². The molecule has 104 valence electrons. The first-order valence-corrected chi connectivity index (χ1v) is 6.50. The fourth-order valence-electron chi connectivity index (χ4n) is 2.31. The maximum absolute atomic E-state index is 13.3. The Bertz CT molecular complexity index is 439. The summed E-state index contributed by atoms with van der Waals surface area (Å²) in [5.41, 5.74) is 0. The van der Waals surface area contributed by atoms with Gasteiger partial charge in [0.15, 0.2) is 18.2 Å². The minimum absolute atomic E-state index is 0.0816. The number of ether oxygens (including phenoxy) is 1. The first-order chi connectivity index (χ1) is 9.20. The van der Waals surface area contributed by atoms with Crippen molar-refractivity contribution in [1.82, 2.24) is 10.2 Å². The summed E-state index contributed by atoms with van der Waals surface area (Å²) in [6.45, 7) is 2.32. The second kappa shape index (κ2) is 6.52. The van der Waals surface area contributed by atoms with E-state index >= 15 is 0 Å². The summed E-state index contributed by atoms with van der Waals surface area (Å²) < 4.78 is 18.5. The summed E-state index contributed by atoms with van der Waals surface area (Å²) in [5, 5.41) is 3.12. The summed E-state index contributed by atoms with van der Waals surface area (Å²) in [4.78, 5) is 13.7. The summed E-state index contributed by atoms with van der Waals surface area (Å²) in [7, 11) is 1.91. The minimum atomic E-state index is -0.440. The summed E-state index contributed by atoms with van der Waals surface area (Å²) >= 11 is 0. The maximum atomic E-state index is 13.3. The maximum Gasteiger partial charge on any atom is 0.260 e. The molecule has 0 aromatic heterocycles. The second-order valence-corrected chi connectivity index (χ2v) is 4.77. The lowest BCUT2D eigenvalue weighted by Gasteiger charge is -2.17. The van der Waals surface area contributed by atoms with Crippen molar-refractivity contribution in [3.63, 3.8) is 0 Å². The van der Waals surface area contributed by atoms with Gasteiger partial charge in [-0.25, -0.2) is 4.39 Å². The van der Waals surface area contributed by atoms with Gasteiger partial charge >= 0.3 is 0 Å². The third-order valence-electron chi connectivity index (χ3n) is 3.32. The number of rotatable bonds is 5. The number of benzene rings is 1. The lowest BCUT2D eigenvalue weighted by atomic mass is 10.1. The van der Waals surface area contributed by atoms with E-state index in [4.69, 9.17) is 4.74 Å². The van der Waals surface area contributed by atoms with Gasteiger partial charge in [0.1, 0.15) is 0 Å². The van der Waals surface area contributed by atoms with Crippen LogP contribution in [0.5, 0.6) is 5.75 Å². The predicted molar refractivity (Wildman–Crippen MR) is 70.5 cm³/mol. The number of nitrogens with zero attached hydrogens (tertiary/aromatic N) is 1. The van der Waals surface area contributed by atoms with E-state index in [9.17, 15) is 9.18 Å². The van der Waals surface area contributed by atoms with E-state index in [1.54, 1.807) is 17.0 Å². The zero-order valence-corrected chi connectivity index (χ0v) is 11.1. The van der Waals surface area contributed by atoms with Crippen LogP contribution in [-0.2, 0) is 4.79 Å². The van der Waals surface area contributed by atoms with Crippen molar-refractivity contribution in [2.45, 2.75) is 6.42 Å². The quantitative estimate of drug-likeness (QED) is 0.872. The monoisotopic (exact) mass is 266 g/mol. The number of para-hydroxylation sites is 1. The molecule has 1 fully saturated rings. The highest BCUT2D eigenvalue weighted by atomic mass is 19.1. The standard InChI is InChI=1S/C14H19FN2O2/c1-16-8-11-6-7-17(9-11)14(18)10-19-13-5-3-2-4-12(13)15/h2-5,11,16H,6-10H2,1H3. The Labute approximate surface area is 112 Å². The Morgan fingerprint density at radius 2 is 2.32 bits per heavy atom. The van der Waals surface area contributed by atoms with Crippen molar-refractivity contribution in [3.05, 3.63) is 30.1 Å². The Kier molecular flexibility index (Phi) is 4.74. The number of carbonyl (C=O) groups is 1. The van der Waals surface area contributed by atoms with E-state index < -0.39 is 5.82 Å². The first-order valence-electron chi connectivity index (χ1n) is 6.50. The molecular formula is C14H19FN2O2. The lowest BCUT2D eigenvalue weighted by Crippen LogP contribution is -2.34. The van der Waals surface area contributed by atoms with Crippen LogP contribution in [0.15, 0.2) is 24.3 Å². The molecule has 1 aromatic carbocycles. The van der Waals surface area contributed by atoms with Gasteiger partial charge in [-0.1, -0.05) is 12.1 Å². The normalized spacial score (nSPS) is 18.6. The molecule has 1 heterocycles. The highest BCUT2D eigenvalue weighted by molar-refractivity contribution is 5.78. The molecular weight excluding hydrogens is 247 g/mol. The van der Waals surface area contributed by atoms with Crippen LogP contribution >= 0.6 is 0 Å². The minimum Gasteiger partial charge on any atom is -0.481 e. The van der Waals surface area contributed by atoms with Crippen molar-refractivity contribution in [1.29, 1.82) is 0 Å². The fraction of sp³-hybridized carbons (Fsp3) is 0.500. The Morgan fingerprint density at radius 1 is 1.53 bits per heavy atom. The molecule has 1 amide bonds. The molecule has 0 bridgehead atoms. The van der Waals surface area contributed by atoms with Gasteiger partial charge in [0.25, 0.3) is 5.91 Å². The van der Waals surface area contributed by atoms with Crippen molar-refractivity contribution in [2.75, 3.05) is 33.3 Å². The van der Waals surface area contributed by atoms with Crippen LogP contribution in [0.3, 0.4) is 0 Å². The molecule has 1 atom stereocenters. The summed E-state index contributed by atoms with van der Waals surface area (Å²) in [6.07, 6.45) is 1.01. The van der Waals surface area contributed by atoms with Crippen molar-refractivity contribution in [3.8, 4) is 5.75 Å². The smallest absolute Gasteiger partial charge is 0.260 e. The molecule has 0 spiro atoms. The van der Waals surface area contributed by atoms with Gasteiger partial charge in [-0.05, 0) is 38.1 Å². The van der Waals surface area contributed by atoms with Crippen LogP contribution in [-0.4, -0.2) is 44.1 Å². The molecule has 4 nitrogen and oxygen atoms in total. The first kappa shape index (κ1) is 13.8. The molecule has 2 rings (SSSR count). The zero-order valence-electron chi connectivity index (χ0n) is 11.1. The number of halogens is 1. The van der Waals surface area contributed by atoms with E-state index in [-0.39, 0.29) is 18.3 Å². The van der Waals surface area contributed by atoms with Gasteiger partial charge in [-0.2, -0.15) is 0 Å². The van der Waals surface area contributed by atoms with Gasteiger partial charge in [-0.15, -0.1) is 0 Å². The molecule has 19 heavy (non-hydrogen) atoms. The third kappa shape index (κ3) is 3.67. The van der Waals surface area contributed by atoms with Crippen molar-refractivity contribution in [2.24, 2.45) is 5.92 Å². The SMILES string of the molecule is CNCC1CCN(C(=O)COc2ccccc2F)C1. The summed E-state index contributed by atoms with van der Waals surface area (Å²) in [5.74, 6) is 0.107. The highest BCUT2D eigenvalue weighted by Gasteiger charge is 2.25. The molecule has 0 radical (unpaired) electrons. The van der Waals surface area contributed by atoms with Gasteiger partial charge in [-0.3, -0.25) is 4.79 Å². The average Bonchev–Trinajstić information content (AvgIpc) is 2.87. The average molecular weight is 266 g/mol. The van der Waals surface area contributed by atoms with E-state index in [1.807, 2.05) is 7.05 Å². The van der Waals surface area contributed by atoms with Crippen LogP contribution < -0.4 is 10.1 Å². The fourth-order valence-corrected chi connectivity index (χ4v) is 2.31.